The molecule has 0 N–H and O–H groups in total. The molecule has 0 aliphatic heterocycles. The van der Waals surface area contributed by atoms with Gasteiger partial charge in [-0.15, -0.1) is 11.6 Å². The molecule has 2 aromatic carbocycles. The molecule has 0 saturated carbocycles. The summed E-state index contributed by atoms with van der Waals surface area (Å²) in [5, 5.41) is -0.898. The molecule has 19 heavy (non-hydrogen) atoms. The normalized spacial score (nSPS) is 12.5. The van der Waals surface area contributed by atoms with E-state index >= 15 is 0 Å². The van der Waals surface area contributed by atoms with Crippen LogP contribution < -0.4 is 0 Å². The summed E-state index contributed by atoms with van der Waals surface area (Å²) >= 11 is 9.49. The minimum absolute atomic E-state index is 0.0925. The lowest BCUT2D eigenvalue weighted by molar-refractivity contribution is 0.490. The second-order valence-corrected chi connectivity index (χ2v) is 5.47. The average Bonchev–Trinajstić information content (AvgIpc) is 2.33. The lowest BCUT2D eigenvalue weighted by Gasteiger charge is -2.14. The van der Waals surface area contributed by atoms with Gasteiger partial charge in [0.1, 0.15) is 5.82 Å². The van der Waals surface area contributed by atoms with Crippen LogP contribution in [0.15, 0.2) is 34.8 Å². The molecular formula is C14H9BrClF3. The molecule has 2 aromatic rings. The van der Waals surface area contributed by atoms with E-state index in [4.69, 9.17) is 11.6 Å². The van der Waals surface area contributed by atoms with E-state index in [1.165, 1.54) is 0 Å². The van der Waals surface area contributed by atoms with Gasteiger partial charge in [-0.05, 0) is 30.2 Å². The van der Waals surface area contributed by atoms with Crippen molar-refractivity contribution in [2.45, 2.75) is 12.3 Å². The minimum Gasteiger partial charge on any atom is -0.207 e. The third-order valence-corrected chi connectivity index (χ3v) is 3.90. The van der Waals surface area contributed by atoms with Crippen LogP contribution in [0, 0.1) is 24.4 Å². The van der Waals surface area contributed by atoms with Crippen molar-refractivity contribution in [1.82, 2.24) is 0 Å². The van der Waals surface area contributed by atoms with Gasteiger partial charge in [-0.1, -0.05) is 28.1 Å². The van der Waals surface area contributed by atoms with Crippen molar-refractivity contribution in [1.29, 1.82) is 0 Å². The van der Waals surface area contributed by atoms with Crippen LogP contribution >= 0.6 is 27.5 Å². The highest BCUT2D eigenvalue weighted by molar-refractivity contribution is 9.10. The van der Waals surface area contributed by atoms with Crippen molar-refractivity contribution < 1.29 is 13.2 Å². The van der Waals surface area contributed by atoms with E-state index in [9.17, 15) is 13.2 Å². The molecule has 0 saturated heterocycles. The maximum Gasteiger partial charge on any atom is 0.161 e. The molecule has 0 amide bonds. The summed E-state index contributed by atoms with van der Waals surface area (Å²) in [7, 11) is 0. The molecule has 0 heterocycles. The molecule has 0 fully saturated rings. The number of rotatable bonds is 2. The molecule has 0 spiro atoms. The molecule has 0 nitrogen and oxygen atoms in total. The van der Waals surface area contributed by atoms with E-state index < -0.39 is 22.8 Å². The molecule has 5 heteroatoms. The van der Waals surface area contributed by atoms with Gasteiger partial charge in [0, 0.05) is 16.1 Å². The van der Waals surface area contributed by atoms with Gasteiger partial charge in [0.15, 0.2) is 11.6 Å². The summed E-state index contributed by atoms with van der Waals surface area (Å²) < 4.78 is 40.4. The van der Waals surface area contributed by atoms with Crippen LogP contribution in [0.3, 0.4) is 0 Å². The molecule has 1 atom stereocenters. The highest BCUT2D eigenvalue weighted by Gasteiger charge is 2.20. The summed E-state index contributed by atoms with van der Waals surface area (Å²) in [5.41, 5.74) is 1.51. The van der Waals surface area contributed by atoms with Crippen molar-refractivity contribution in [3.05, 3.63) is 68.9 Å². The zero-order valence-corrected chi connectivity index (χ0v) is 12.2. The van der Waals surface area contributed by atoms with Crippen molar-refractivity contribution in [3.8, 4) is 0 Å². The van der Waals surface area contributed by atoms with E-state index in [1.807, 2.05) is 19.1 Å². The van der Waals surface area contributed by atoms with Crippen LogP contribution in [-0.2, 0) is 0 Å². The van der Waals surface area contributed by atoms with E-state index in [0.29, 0.717) is 16.1 Å². The zero-order valence-electron chi connectivity index (χ0n) is 9.85. The molecular weight excluding hydrogens is 341 g/mol. The fourth-order valence-corrected chi connectivity index (χ4v) is 2.95. The second-order valence-electron chi connectivity index (χ2n) is 4.18. The van der Waals surface area contributed by atoms with Crippen LogP contribution in [-0.4, -0.2) is 0 Å². The Bertz CT molecular complexity index is 628. The fraction of sp³-hybridized carbons (Fsp3) is 0.143. The largest absolute Gasteiger partial charge is 0.207 e. The molecule has 0 bridgehead atoms. The Labute approximate surface area is 122 Å². The van der Waals surface area contributed by atoms with Gasteiger partial charge < -0.3 is 0 Å². The first-order valence-electron chi connectivity index (χ1n) is 5.44. The molecule has 0 aromatic heterocycles. The first-order chi connectivity index (χ1) is 8.90. The van der Waals surface area contributed by atoms with Crippen LogP contribution in [0.25, 0.3) is 0 Å². The quantitative estimate of drug-likeness (QED) is 0.496. The molecule has 0 radical (unpaired) electrons. The van der Waals surface area contributed by atoms with Crippen molar-refractivity contribution in [3.63, 3.8) is 0 Å². The number of benzene rings is 2. The number of hydrogen-bond acceptors (Lipinski definition) is 0. The maximum absolute atomic E-state index is 13.7. The fourth-order valence-electron chi connectivity index (χ4n) is 1.74. The Morgan fingerprint density at radius 2 is 1.58 bits per heavy atom. The van der Waals surface area contributed by atoms with E-state index in [0.717, 1.165) is 11.6 Å². The highest BCUT2D eigenvalue weighted by Crippen LogP contribution is 2.36. The number of alkyl halides is 1. The molecule has 0 aliphatic carbocycles. The Morgan fingerprint density at radius 3 is 2.21 bits per heavy atom. The summed E-state index contributed by atoms with van der Waals surface area (Å²) in [4.78, 5) is 0. The van der Waals surface area contributed by atoms with E-state index in [-0.39, 0.29) is 5.56 Å². The van der Waals surface area contributed by atoms with Gasteiger partial charge in [-0.25, -0.2) is 13.2 Å². The Balaban J connectivity index is 2.49. The van der Waals surface area contributed by atoms with Gasteiger partial charge in [-0.2, -0.15) is 0 Å². The monoisotopic (exact) mass is 348 g/mol. The molecule has 1 unspecified atom stereocenters. The maximum atomic E-state index is 13.7. The number of aryl methyl sites for hydroxylation is 1. The van der Waals surface area contributed by atoms with Crippen molar-refractivity contribution >= 4 is 27.5 Å². The van der Waals surface area contributed by atoms with Crippen molar-refractivity contribution in [2.24, 2.45) is 0 Å². The van der Waals surface area contributed by atoms with Crippen molar-refractivity contribution in [2.75, 3.05) is 0 Å². The smallest absolute Gasteiger partial charge is 0.161 e. The van der Waals surface area contributed by atoms with Crippen LogP contribution in [0.1, 0.15) is 22.1 Å². The Hall–Kier alpha value is -1.00. The average molecular weight is 350 g/mol. The van der Waals surface area contributed by atoms with Crippen LogP contribution in [0.4, 0.5) is 13.2 Å². The Morgan fingerprint density at radius 1 is 0.947 bits per heavy atom. The molecule has 100 valence electrons. The topological polar surface area (TPSA) is 0 Å². The van der Waals surface area contributed by atoms with Crippen LogP contribution in [0.5, 0.6) is 0 Å². The first kappa shape index (κ1) is 14.4. The lowest BCUT2D eigenvalue weighted by Crippen LogP contribution is -2.01. The standard InChI is InChI=1S/C14H9BrClF3/c1-7-2-3-8(10(15)4-7)14(16)9-5-12(18)13(19)6-11(9)17/h2-6,14H,1H3. The summed E-state index contributed by atoms with van der Waals surface area (Å²) in [6.07, 6.45) is 0. The first-order valence-corrected chi connectivity index (χ1v) is 6.67. The predicted octanol–water partition coefficient (Wildman–Crippen LogP) is 5.50. The Kier molecular flexibility index (Phi) is 4.21. The summed E-state index contributed by atoms with van der Waals surface area (Å²) in [5.74, 6) is -3.22. The third kappa shape index (κ3) is 2.95. The van der Waals surface area contributed by atoms with Gasteiger partial charge in [-0.3, -0.25) is 0 Å². The lowest BCUT2D eigenvalue weighted by atomic mass is 10.0. The number of hydrogen-bond donors (Lipinski definition) is 0. The zero-order chi connectivity index (χ0) is 14.2. The van der Waals surface area contributed by atoms with Gasteiger partial charge in [0.2, 0.25) is 0 Å². The van der Waals surface area contributed by atoms with E-state index in [2.05, 4.69) is 15.9 Å². The number of halogens is 5. The van der Waals surface area contributed by atoms with Crippen LogP contribution in [0.2, 0.25) is 0 Å². The second kappa shape index (κ2) is 5.55. The summed E-state index contributed by atoms with van der Waals surface area (Å²) in [6, 6.07) is 6.64. The predicted molar refractivity (Wildman–Crippen MR) is 72.9 cm³/mol. The van der Waals surface area contributed by atoms with Gasteiger partial charge in [0.05, 0.1) is 5.38 Å². The molecule has 2 rings (SSSR count). The van der Waals surface area contributed by atoms with Gasteiger partial charge >= 0.3 is 0 Å². The van der Waals surface area contributed by atoms with E-state index in [1.54, 1.807) is 6.07 Å². The third-order valence-electron chi connectivity index (χ3n) is 2.74. The minimum atomic E-state index is -1.23. The SMILES string of the molecule is Cc1ccc(C(Cl)c2cc(F)c(F)cc2F)c(Br)c1. The van der Waals surface area contributed by atoms with Gasteiger partial charge in [0.25, 0.3) is 0 Å². The highest BCUT2D eigenvalue weighted by atomic mass is 79.9. The molecule has 0 aliphatic rings. The summed E-state index contributed by atoms with van der Waals surface area (Å²) in [6.45, 7) is 1.90.